The van der Waals surface area contributed by atoms with Crippen molar-refractivity contribution in [1.82, 2.24) is 19.7 Å². The molecule has 2 aliphatic heterocycles. The topological polar surface area (TPSA) is 46.3 Å². The molecule has 21 heavy (non-hydrogen) atoms. The minimum absolute atomic E-state index is 0.629. The van der Waals surface area contributed by atoms with Crippen molar-refractivity contribution in [2.24, 2.45) is 4.99 Å². The first-order chi connectivity index (χ1) is 10.2. The fourth-order valence-corrected chi connectivity index (χ4v) is 3.29. The summed E-state index contributed by atoms with van der Waals surface area (Å²) in [6.45, 7) is 4.69. The van der Waals surface area contributed by atoms with E-state index >= 15 is 0 Å². The SMILES string of the molecule is Cc1nnc2n1-c1ccc(Cl)cc1CN=C2N1CCCC1. The maximum Gasteiger partial charge on any atom is 0.203 e. The summed E-state index contributed by atoms with van der Waals surface area (Å²) >= 11 is 6.13. The molecule has 108 valence electrons. The number of fused-ring (bicyclic) bond motifs is 3. The summed E-state index contributed by atoms with van der Waals surface area (Å²) in [6.07, 6.45) is 2.43. The van der Waals surface area contributed by atoms with Gasteiger partial charge in [-0.3, -0.25) is 9.56 Å². The van der Waals surface area contributed by atoms with E-state index in [4.69, 9.17) is 16.6 Å². The van der Waals surface area contributed by atoms with E-state index < -0.39 is 0 Å². The molecule has 0 N–H and O–H groups in total. The van der Waals surface area contributed by atoms with Gasteiger partial charge in [0, 0.05) is 18.1 Å². The van der Waals surface area contributed by atoms with Gasteiger partial charge in [0.1, 0.15) is 5.82 Å². The molecular formula is C15H16ClN5. The second-order valence-corrected chi connectivity index (χ2v) is 5.95. The van der Waals surface area contributed by atoms with Gasteiger partial charge in [0.25, 0.3) is 0 Å². The van der Waals surface area contributed by atoms with Crippen LogP contribution in [0.2, 0.25) is 5.02 Å². The maximum absolute atomic E-state index is 6.13. The summed E-state index contributed by atoms with van der Waals surface area (Å²) < 4.78 is 2.09. The van der Waals surface area contributed by atoms with Crippen molar-refractivity contribution in [1.29, 1.82) is 0 Å². The van der Waals surface area contributed by atoms with E-state index in [1.807, 2.05) is 25.1 Å². The lowest BCUT2D eigenvalue weighted by Crippen LogP contribution is -2.30. The second kappa shape index (κ2) is 4.84. The zero-order chi connectivity index (χ0) is 14.4. The summed E-state index contributed by atoms with van der Waals surface area (Å²) in [5.41, 5.74) is 2.19. The molecule has 3 heterocycles. The van der Waals surface area contributed by atoms with Crippen molar-refractivity contribution in [3.8, 4) is 5.69 Å². The molecule has 0 bridgehead atoms. The van der Waals surface area contributed by atoms with Crippen molar-refractivity contribution >= 4 is 17.4 Å². The first kappa shape index (κ1) is 12.8. The number of halogens is 1. The molecule has 2 aromatic rings. The Morgan fingerprint density at radius 2 is 1.95 bits per heavy atom. The molecule has 2 aliphatic rings. The smallest absolute Gasteiger partial charge is 0.203 e. The maximum atomic E-state index is 6.13. The van der Waals surface area contributed by atoms with Gasteiger partial charge in [-0.2, -0.15) is 0 Å². The van der Waals surface area contributed by atoms with Gasteiger partial charge in [-0.05, 0) is 43.5 Å². The molecule has 0 unspecified atom stereocenters. The highest BCUT2D eigenvalue weighted by molar-refractivity contribution is 6.30. The number of hydrogen-bond acceptors (Lipinski definition) is 4. The lowest BCUT2D eigenvalue weighted by atomic mass is 10.2. The van der Waals surface area contributed by atoms with E-state index in [-0.39, 0.29) is 0 Å². The standard InChI is InChI=1S/C15H16ClN5/c1-10-18-19-15-14(20-6-2-3-7-20)17-9-11-8-12(16)4-5-13(11)21(10)15/h4-5,8H,2-3,6-7,9H2,1H3. The normalized spacial score (nSPS) is 17.2. The molecule has 0 atom stereocenters. The number of nitrogens with zero attached hydrogens (tertiary/aromatic N) is 5. The molecule has 1 aromatic carbocycles. The third kappa shape index (κ3) is 2.03. The Morgan fingerprint density at radius 3 is 2.76 bits per heavy atom. The molecular weight excluding hydrogens is 286 g/mol. The monoisotopic (exact) mass is 301 g/mol. The van der Waals surface area contributed by atoms with E-state index in [9.17, 15) is 0 Å². The molecule has 0 saturated carbocycles. The summed E-state index contributed by atoms with van der Waals surface area (Å²) in [6, 6.07) is 5.92. The van der Waals surface area contributed by atoms with Crippen molar-refractivity contribution in [2.45, 2.75) is 26.3 Å². The zero-order valence-electron chi connectivity index (χ0n) is 11.9. The van der Waals surface area contributed by atoms with Crippen LogP contribution in [-0.4, -0.2) is 38.6 Å². The minimum atomic E-state index is 0.629. The highest BCUT2D eigenvalue weighted by Crippen LogP contribution is 2.27. The second-order valence-electron chi connectivity index (χ2n) is 5.51. The Kier molecular flexibility index (Phi) is 2.96. The molecule has 1 saturated heterocycles. The van der Waals surface area contributed by atoms with E-state index in [0.29, 0.717) is 6.54 Å². The minimum Gasteiger partial charge on any atom is -0.354 e. The first-order valence-corrected chi connectivity index (χ1v) is 7.62. The molecule has 5 nitrogen and oxygen atoms in total. The highest BCUT2D eigenvalue weighted by Gasteiger charge is 2.27. The number of hydrogen-bond donors (Lipinski definition) is 0. The van der Waals surface area contributed by atoms with Crippen LogP contribution in [0, 0.1) is 6.92 Å². The Balaban J connectivity index is 1.91. The quantitative estimate of drug-likeness (QED) is 0.751. The van der Waals surface area contributed by atoms with Gasteiger partial charge in [0.05, 0.1) is 12.2 Å². The summed E-state index contributed by atoms with van der Waals surface area (Å²) in [4.78, 5) is 7.12. The Labute approximate surface area is 128 Å². The lowest BCUT2D eigenvalue weighted by Gasteiger charge is -2.18. The third-order valence-electron chi connectivity index (χ3n) is 4.11. The molecule has 4 rings (SSSR count). The molecule has 1 aromatic heterocycles. The first-order valence-electron chi connectivity index (χ1n) is 7.24. The van der Waals surface area contributed by atoms with Crippen LogP contribution in [0.1, 0.15) is 30.1 Å². The summed E-state index contributed by atoms with van der Waals surface area (Å²) in [5, 5.41) is 9.36. The Hall–Kier alpha value is -1.88. The van der Waals surface area contributed by atoms with Crippen LogP contribution < -0.4 is 0 Å². The van der Waals surface area contributed by atoms with Crippen molar-refractivity contribution in [3.05, 3.63) is 40.4 Å². The zero-order valence-corrected chi connectivity index (χ0v) is 12.6. The van der Waals surface area contributed by atoms with Crippen LogP contribution in [-0.2, 0) is 6.54 Å². The number of benzene rings is 1. The van der Waals surface area contributed by atoms with Gasteiger partial charge in [0.15, 0.2) is 5.84 Å². The average molecular weight is 302 g/mol. The van der Waals surface area contributed by atoms with E-state index in [2.05, 4.69) is 19.7 Å². The van der Waals surface area contributed by atoms with Gasteiger partial charge < -0.3 is 4.90 Å². The van der Waals surface area contributed by atoms with Crippen molar-refractivity contribution in [3.63, 3.8) is 0 Å². The van der Waals surface area contributed by atoms with Gasteiger partial charge >= 0.3 is 0 Å². The van der Waals surface area contributed by atoms with Crippen LogP contribution in [0.3, 0.4) is 0 Å². The third-order valence-corrected chi connectivity index (χ3v) is 4.35. The predicted molar refractivity (Wildman–Crippen MR) is 82.2 cm³/mol. The number of aliphatic imine (C=N–C) groups is 1. The van der Waals surface area contributed by atoms with Crippen LogP contribution >= 0.6 is 11.6 Å². The molecule has 0 spiro atoms. The number of amidine groups is 1. The number of rotatable bonds is 0. The van der Waals surface area contributed by atoms with Crippen LogP contribution in [0.25, 0.3) is 5.69 Å². The van der Waals surface area contributed by atoms with Gasteiger partial charge in [0.2, 0.25) is 5.82 Å². The molecule has 0 aliphatic carbocycles. The van der Waals surface area contributed by atoms with Crippen LogP contribution in [0.5, 0.6) is 0 Å². The summed E-state index contributed by atoms with van der Waals surface area (Å²) in [5.74, 6) is 2.68. The van der Waals surface area contributed by atoms with Gasteiger partial charge in [-0.1, -0.05) is 11.6 Å². The molecule has 0 amide bonds. The number of likely N-dealkylation sites (tertiary alicyclic amines) is 1. The van der Waals surface area contributed by atoms with Gasteiger partial charge in [-0.25, -0.2) is 0 Å². The molecule has 6 heteroatoms. The van der Waals surface area contributed by atoms with Crippen LogP contribution in [0.4, 0.5) is 0 Å². The molecule has 1 fully saturated rings. The van der Waals surface area contributed by atoms with E-state index in [1.165, 1.54) is 12.8 Å². The Bertz CT molecular complexity index is 728. The van der Waals surface area contributed by atoms with Gasteiger partial charge in [-0.15, -0.1) is 10.2 Å². The summed E-state index contributed by atoms with van der Waals surface area (Å²) in [7, 11) is 0. The number of aryl methyl sites for hydroxylation is 1. The Morgan fingerprint density at radius 1 is 1.14 bits per heavy atom. The van der Waals surface area contributed by atoms with Crippen LogP contribution in [0.15, 0.2) is 23.2 Å². The highest BCUT2D eigenvalue weighted by atomic mass is 35.5. The fraction of sp³-hybridized carbons (Fsp3) is 0.400. The van der Waals surface area contributed by atoms with Crippen molar-refractivity contribution < 1.29 is 0 Å². The van der Waals surface area contributed by atoms with Crippen molar-refractivity contribution in [2.75, 3.05) is 13.1 Å². The van der Waals surface area contributed by atoms with E-state index in [0.717, 1.165) is 46.8 Å². The lowest BCUT2D eigenvalue weighted by molar-refractivity contribution is 0.514. The molecule has 0 radical (unpaired) electrons. The van der Waals surface area contributed by atoms with E-state index in [1.54, 1.807) is 0 Å². The predicted octanol–water partition coefficient (Wildman–Crippen LogP) is 2.59. The fourth-order valence-electron chi connectivity index (χ4n) is 3.10. The average Bonchev–Trinajstić information content (AvgIpc) is 3.08. The largest absolute Gasteiger partial charge is 0.354 e. The number of aromatic nitrogens is 3.